The lowest BCUT2D eigenvalue weighted by molar-refractivity contribution is 0.0956. The van der Waals surface area contributed by atoms with Gasteiger partial charge in [0.2, 0.25) is 5.82 Å². The number of benzene rings is 2. The summed E-state index contributed by atoms with van der Waals surface area (Å²) in [6, 6.07) is 21.3. The van der Waals surface area contributed by atoms with Crippen LogP contribution in [0.1, 0.15) is 59.9 Å². The van der Waals surface area contributed by atoms with Gasteiger partial charge in [-0.25, -0.2) is 0 Å². The molecule has 4 heterocycles. The Labute approximate surface area is 215 Å². The SMILES string of the molecule is CCNC(=O)c1ccc(C(=C2CC3CCC(C2)N3Cc2ccco2)c2cccc(-c3nn[nH]n3)c2)cc1. The minimum Gasteiger partial charge on any atom is -0.468 e. The summed E-state index contributed by atoms with van der Waals surface area (Å²) in [5.74, 6) is 1.55. The van der Waals surface area contributed by atoms with E-state index < -0.39 is 0 Å². The molecular weight excluding hydrogens is 464 g/mol. The van der Waals surface area contributed by atoms with Gasteiger partial charge in [-0.05, 0) is 84.9 Å². The first kappa shape index (κ1) is 23.4. The van der Waals surface area contributed by atoms with Crippen LogP contribution in [-0.2, 0) is 6.54 Å². The molecule has 0 saturated carbocycles. The van der Waals surface area contributed by atoms with Crippen molar-refractivity contribution in [2.45, 2.75) is 51.2 Å². The monoisotopic (exact) mass is 494 g/mol. The van der Waals surface area contributed by atoms with Gasteiger partial charge < -0.3 is 9.73 Å². The molecular formula is C29H30N6O2. The average Bonchev–Trinajstić information content (AvgIpc) is 3.68. The van der Waals surface area contributed by atoms with E-state index in [2.05, 4.69) is 61.2 Å². The first-order valence-corrected chi connectivity index (χ1v) is 12.9. The van der Waals surface area contributed by atoms with Crippen LogP contribution < -0.4 is 5.32 Å². The molecule has 2 aliphatic heterocycles. The van der Waals surface area contributed by atoms with Crippen molar-refractivity contribution in [1.82, 2.24) is 30.8 Å². The number of aromatic nitrogens is 4. The Hall–Kier alpha value is -4.04. The van der Waals surface area contributed by atoms with Gasteiger partial charge in [-0.1, -0.05) is 35.9 Å². The zero-order valence-electron chi connectivity index (χ0n) is 20.9. The largest absolute Gasteiger partial charge is 0.468 e. The summed E-state index contributed by atoms with van der Waals surface area (Å²) in [5, 5.41) is 17.5. The molecule has 188 valence electrons. The van der Waals surface area contributed by atoms with Crippen LogP contribution in [0.25, 0.3) is 17.0 Å². The number of aromatic amines is 1. The molecule has 4 aromatic rings. The molecule has 0 aliphatic carbocycles. The fourth-order valence-corrected chi connectivity index (χ4v) is 5.87. The second kappa shape index (κ2) is 10.1. The van der Waals surface area contributed by atoms with E-state index in [1.807, 2.05) is 37.3 Å². The summed E-state index contributed by atoms with van der Waals surface area (Å²) >= 11 is 0. The van der Waals surface area contributed by atoms with E-state index in [1.165, 1.54) is 24.0 Å². The van der Waals surface area contributed by atoms with Crippen molar-refractivity contribution in [2.24, 2.45) is 0 Å². The number of H-pyrrole nitrogens is 1. The summed E-state index contributed by atoms with van der Waals surface area (Å²) in [7, 11) is 0. The molecule has 2 saturated heterocycles. The van der Waals surface area contributed by atoms with Gasteiger partial charge in [0.25, 0.3) is 5.91 Å². The number of carbonyl (C=O) groups excluding carboxylic acids is 1. The quantitative estimate of drug-likeness (QED) is 0.381. The van der Waals surface area contributed by atoms with Crippen molar-refractivity contribution < 1.29 is 9.21 Å². The highest BCUT2D eigenvalue weighted by molar-refractivity contribution is 5.95. The first-order valence-electron chi connectivity index (χ1n) is 12.9. The van der Waals surface area contributed by atoms with Crippen LogP contribution in [0.15, 0.2) is 76.9 Å². The van der Waals surface area contributed by atoms with Gasteiger partial charge in [-0.15, -0.1) is 10.2 Å². The predicted octanol–water partition coefficient (Wildman–Crippen LogP) is 4.84. The third-order valence-corrected chi connectivity index (χ3v) is 7.54. The number of fused-ring (bicyclic) bond motifs is 2. The Morgan fingerprint density at radius 3 is 2.49 bits per heavy atom. The highest BCUT2D eigenvalue weighted by Crippen LogP contribution is 2.44. The number of tetrazole rings is 1. The maximum atomic E-state index is 12.4. The number of hydrogen-bond acceptors (Lipinski definition) is 6. The number of amides is 1. The lowest BCUT2D eigenvalue weighted by Crippen LogP contribution is -2.40. The van der Waals surface area contributed by atoms with Crippen molar-refractivity contribution in [2.75, 3.05) is 6.54 Å². The van der Waals surface area contributed by atoms with Crippen LogP contribution in [0.5, 0.6) is 0 Å². The van der Waals surface area contributed by atoms with E-state index in [4.69, 9.17) is 4.42 Å². The molecule has 2 aromatic heterocycles. The summed E-state index contributed by atoms with van der Waals surface area (Å²) < 4.78 is 5.66. The van der Waals surface area contributed by atoms with Gasteiger partial charge in [-0.3, -0.25) is 9.69 Å². The number of furan rings is 1. The molecule has 37 heavy (non-hydrogen) atoms. The lowest BCUT2D eigenvalue weighted by Gasteiger charge is -2.37. The van der Waals surface area contributed by atoms with Crippen LogP contribution in [0, 0.1) is 0 Å². The molecule has 0 radical (unpaired) electrons. The van der Waals surface area contributed by atoms with E-state index >= 15 is 0 Å². The molecule has 8 heteroatoms. The zero-order chi connectivity index (χ0) is 25.2. The summed E-state index contributed by atoms with van der Waals surface area (Å²) in [5.41, 5.74) is 6.53. The maximum Gasteiger partial charge on any atom is 0.251 e. The van der Waals surface area contributed by atoms with E-state index in [0.717, 1.165) is 41.8 Å². The Bertz CT molecular complexity index is 1380. The van der Waals surface area contributed by atoms with Crippen LogP contribution >= 0.6 is 0 Å². The van der Waals surface area contributed by atoms with E-state index in [9.17, 15) is 4.79 Å². The fourth-order valence-electron chi connectivity index (χ4n) is 5.87. The third kappa shape index (κ3) is 4.72. The minimum absolute atomic E-state index is 0.0494. The number of nitrogens with one attached hydrogen (secondary N) is 2. The van der Waals surface area contributed by atoms with Crippen molar-refractivity contribution in [1.29, 1.82) is 0 Å². The molecule has 2 unspecified atom stereocenters. The minimum atomic E-state index is -0.0494. The Kier molecular flexibility index (Phi) is 6.40. The smallest absolute Gasteiger partial charge is 0.251 e. The summed E-state index contributed by atoms with van der Waals surface area (Å²) in [6.45, 7) is 3.40. The van der Waals surface area contributed by atoms with Crippen LogP contribution in [0.3, 0.4) is 0 Å². The van der Waals surface area contributed by atoms with Crippen LogP contribution in [0.2, 0.25) is 0 Å². The number of piperidine rings is 1. The molecule has 2 aromatic carbocycles. The lowest BCUT2D eigenvalue weighted by atomic mass is 9.85. The summed E-state index contributed by atoms with van der Waals surface area (Å²) in [6.07, 6.45) is 6.17. The van der Waals surface area contributed by atoms with E-state index in [0.29, 0.717) is 30.0 Å². The van der Waals surface area contributed by atoms with Crippen LogP contribution in [0.4, 0.5) is 0 Å². The number of nitrogens with zero attached hydrogens (tertiary/aromatic N) is 4. The average molecular weight is 495 g/mol. The molecule has 2 atom stereocenters. The van der Waals surface area contributed by atoms with Crippen molar-refractivity contribution in [3.8, 4) is 11.4 Å². The Morgan fingerprint density at radius 2 is 1.81 bits per heavy atom. The Morgan fingerprint density at radius 1 is 1.03 bits per heavy atom. The highest BCUT2D eigenvalue weighted by Gasteiger charge is 2.39. The maximum absolute atomic E-state index is 12.4. The van der Waals surface area contributed by atoms with Gasteiger partial charge >= 0.3 is 0 Å². The van der Waals surface area contributed by atoms with E-state index in [-0.39, 0.29) is 5.91 Å². The molecule has 6 rings (SSSR count). The third-order valence-electron chi connectivity index (χ3n) is 7.54. The molecule has 1 amide bonds. The summed E-state index contributed by atoms with van der Waals surface area (Å²) in [4.78, 5) is 15.0. The highest BCUT2D eigenvalue weighted by atomic mass is 16.3. The van der Waals surface area contributed by atoms with Gasteiger partial charge in [0, 0.05) is 29.8 Å². The van der Waals surface area contributed by atoms with Crippen LogP contribution in [-0.4, -0.2) is 50.1 Å². The molecule has 2 bridgehead atoms. The molecule has 8 nitrogen and oxygen atoms in total. The second-order valence-corrected chi connectivity index (χ2v) is 9.78. The van der Waals surface area contributed by atoms with Gasteiger partial charge in [-0.2, -0.15) is 5.21 Å². The van der Waals surface area contributed by atoms with E-state index in [1.54, 1.807) is 6.26 Å². The molecule has 0 spiro atoms. The topological polar surface area (TPSA) is 99.9 Å². The normalized spacial score (nSPS) is 19.2. The van der Waals surface area contributed by atoms with Gasteiger partial charge in [0.1, 0.15) is 5.76 Å². The molecule has 2 fully saturated rings. The molecule has 2 N–H and O–H groups in total. The van der Waals surface area contributed by atoms with Crippen molar-refractivity contribution in [3.05, 3.63) is 95.0 Å². The number of carbonyl (C=O) groups is 1. The molecule has 2 aliphatic rings. The predicted molar refractivity (Wildman–Crippen MR) is 140 cm³/mol. The van der Waals surface area contributed by atoms with Gasteiger partial charge in [0.05, 0.1) is 12.8 Å². The number of rotatable bonds is 7. The number of hydrogen-bond donors (Lipinski definition) is 2. The van der Waals surface area contributed by atoms with Gasteiger partial charge in [0.15, 0.2) is 0 Å². The van der Waals surface area contributed by atoms with Crippen molar-refractivity contribution in [3.63, 3.8) is 0 Å². The first-order chi connectivity index (χ1) is 18.2. The standard InChI is InChI=1S/C29H30N6O2/c1-2-30-29(36)20-10-8-19(9-11-20)27(21-5-3-6-22(15-21)28-31-33-34-32-28)23-16-24-12-13-25(17-23)35(24)18-26-7-4-14-37-26/h3-11,14-15,24-25H,2,12-13,16-18H2,1H3,(H,30,36)(H,31,32,33,34). The second-order valence-electron chi connectivity index (χ2n) is 9.78. The van der Waals surface area contributed by atoms with Crippen molar-refractivity contribution >= 4 is 11.5 Å². The fraction of sp³-hybridized carbons (Fsp3) is 0.310. The Balaban J connectivity index is 1.39. The zero-order valence-corrected chi connectivity index (χ0v) is 20.9.